The number of nitrogens with zero attached hydrogens (tertiary/aromatic N) is 2. The fraction of sp³-hybridized carbons (Fsp3) is 0.643. The van der Waals surface area contributed by atoms with E-state index in [1.165, 1.54) is 18.5 Å². The van der Waals surface area contributed by atoms with E-state index >= 15 is 0 Å². The average Bonchev–Trinajstić information content (AvgIpc) is 3.09. The molecule has 3 heteroatoms. The van der Waals surface area contributed by atoms with Gasteiger partial charge in [-0.1, -0.05) is 0 Å². The van der Waals surface area contributed by atoms with Gasteiger partial charge in [0.2, 0.25) is 0 Å². The highest BCUT2D eigenvalue weighted by Crippen LogP contribution is 2.33. The molecular weight excluding hydrogens is 210 g/mol. The summed E-state index contributed by atoms with van der Waals surface area (Å²) in [6.45, 7) is 8.26. The van der Waals surface area contributed by atoms with Crippen LogP contribution in [-0.2, 0) is 6.54 Å². The Morgan fingerprint density at radius 3 is 2.71 bits per heavy atom. The summed E-state index contributed by atoms with van der Waals surface area (Å²) < 4.78 is 0. The summed E-state index contributed by atoms with van der Waals surface area (Å²) in [5, 5.41) is 0. The first-order valence-corrected chi connectivity index (χ1v) is 6.54. The SMILES string of the molecule is Cc1cc(N(CC2CC2)C(C)C)c(CN)cn1. The lowest BCUT2D eigenvalue weighted by Crippen LogP contribution is -2.34. The molecule has 0 radical (unpaired) electrons. The number of aryl methyl sites for hydroxylation is 1. The van der Waals surface area contributed by atoms with Crippen molar-refractivity contribution in [2.75, 3.05) is 11.4 Å². The first-order valence-electron chi connectivity index (χ1n) is 6.54. The molecule has 3 nitrogen and oxygen atoms in total. The molecule has 1 saturated carbocycles. The predicted molar refractivity (Wildman–Crippen MR) is 72.1 cm³/mol. The van der Waals surface area contributed by atoms with E-state index in [1.54, 1.807) is 0 Å². The van der Waals surface area contributed by atoms with Gasteiger partial charge >= 0.3 is 0 Å². The standard InChI is InChI=1S/C14H23N3/c1-10(2)17(9-12-4-5-12)14-6-11(3)16-8-13(14)7-15/h6,8,10,12H,4-5,7,9,15H2,1-3H3. The second-order valence-electron chi connectivity index (χ2n) is 5.35. The first kappa shape index (κ1) is 12.4. The summed E-state index contributed by atoms with van der Waals surface area (Å²) in [7, 11) is 0. The van der Waals surface area contributed by atoms with Gasteiger partial charge in [0.25, 0.3) is 0 Å². The summed E-state index contributed by atoms with van der Waals surface area (Å²) in [5.74, 6) is 0.886. The lowest BCUT2D eigenvalue weighted by atomic mass is 10.1. The largest absolute Gasteiger partial charge is 0.368 e. The molecule has 0 saturated heterocycles. The van der Waals surface area contributed by atoms with Crippen LogP contribution in [0.15, 0.2) is 12.3 Å². The van der Waals surface area contributed by atoms with Crippen molar-refractivity contribution in [2.24, 2.45) is 11.7 Å². The average molecular weight is 233 g/mol. The second kappa shape index (κ2) is 5.05. The van der Waals surface area contributed by atoms with Crippen LogP contribution in [0.4, 0.5) is 5.69 Å². The molecule has 0 atom stereocenters. The third kappa shape index (κ3) is 2.97. The zero-order valence-corrected chi connectivity index (χ0v) is 11.1. The molecule has 17 heavy (non-hydrogen) atoms. The van der Waals surface area contributed by atoms with E-state index in [2.05, 4.69) is 29.8 Å². The van der Waals surface area contributed by atoms with E-state index < -0.39 is 0 Å². The van der Waals surface area contributed by atoms with Crippen LogP contribution in [0.5, 0.6) is 0 Å². The Kier molecular flexibility index (Phi) is 3.67. The molecule has 0 unspecified atom stereocenters. The van der Waals surface area contributed by atoms with Gasteiger partial charge in [0.1, 0.15) is 0 Å². The van der Waals surface area contributed by atoms with Crippen LogP contribution in [0.1, 0.15) is 37.9 Å². The van der Waals surface area contributed by atoms with Crippen molar-refractivity contribution < 1.29 is 0 Å². The molecule has 1 aliphatic carbocycles. The molecule has 0 spiro atoms. The van der Waals surface area contributed by atoms with Gasteiger partial charge < -0.3 is 10.6 Å². The summed E-state index contributed by atoms with van der Waals surface area (Å²) in [6, 6.07) is 2.69. The number of nitrogens with two attached hydrogens (primary N) is 1. The third-order valence-corrected chi connectivity index (χ3v) is 3.40. The summed E-state index contributed by atoms with van der Waals surface area (Å²) in [6.07, 6.45) is 4.68. The van der Waals surface area contributed by atoms with E-state index in [-0.39, 0.29) is 0 Å². The van der Waals surface area contributed by atoms with Crippen molar-refractivity contribution in [1.29, 1.82) is 0 Å². The molecule has 2 N–H and O–H groups in total. The maximum atomic E-state index is 5.82. The molecule has 1 aromatic rings. The Morgan fingerprint density at radius 2 is 2.18 bits per heavy atom. The Morgan fingerprint density at radius 1 is 1.47 bits per heavy atom. The summed E-state index contributed by atoms with van der Waals surface area (Å²) in [5.41, 5.74) is 9.32. The van der Waals surface area contributed by atoms with Crippen molar-refractivity contribution in [3.63, 3.8) is 0 Å². The van der Waals surface area contributed by atoms with Crippen LogP contribution < -0.4 is 10.6 Å². The Labute approximate surface area is 104 Å². The number of rotatable bonds is 5. The quantitative estimate of drug-likeness (QED) is 0.849. The van der Waals surface area contributed by atoms with Crippen LogP contribution in [0.3, 0.4) is 0 Å². The normalized spacial score (nSPS) is 15.4. The molecule has 1 aliphatic rings. The highest BCUT2D eigenvalue weighted by molar-refractivity contribution is 5.54. The predicted octanol–water partition coefficient (Wildman–Crippen LogP) is 2.47. The van der Waals surface area contributed by atoms with Crippen LogP contribution in [0.2, 0.25) is 0 Å². The topological polar surface area (TPSA) is 42.1 Å². The zero-order valence-electron chi connectivity index (χ0n) is 11.1. The van der Waals surface area contributed by atoms with Gasteiger partial charge in [0.05, 0.1) is 0 Å². The molecular formula is C14H23N3. The zero-order chi connectivity index (χ0) is 12.4. The molecule has 2 rings (SSSR count). The van der Waals surface area contributed by atoms with Crippen molar-refractivity contribution in [3.8, 4) is 0 Å². The van der Waals surface area contributed by atoms with Crippen LogP contribution >= 0.6 is 0 Å². The lowest BCUT2D eigenvalue weighted by Gasteiger charge is -2.31. The smallest absolute Gasteiger partial charge is 0.0447 e. The molecule has 1 aromatic heterocycles. The minimum atomic E-state index is 0.516. The Bertz CT molecular complexity index is 383. The summed E-state index contributed by atoms with van der Waals surface area (Å²) >= 11 is 0. The van der Waals surface area contributed by atoms with Crippen molar-refractivity contribution >= 4 is 5.69 Å². The number of hydrogen-bond donors (Lipinski definition) is 1. The maximum Gasteiger partial charge on any atom is 0.0447 e. The van der Waals surface area contributed by atoms with Crippen LogP contribution in [0.25, 0.3) is 0 Å². The van der Waals surface area contributed by atoms with Crippen LogP contribution in [-0.4, -0.2) is 17.6 Å². The molecule has 0 aromatic carbocycles. The lowest BCUT2D eigenvalue weighted by molar-refractivity contribution is 0.640. The number of pyridine rings is 1. The maximum absolute atomic E-state index is 5.82. The van der Waals surface area contributed by atoms with E-state index in [0.29, 0.717) is 12.6 Å². The van der Waals surface area contributed by atoms with E-state index in [0.717, 1.165) is 23.7 Å². The molecule has 0 amide bonds. The number of anilines is 1. The van der Waals surface area contributed by atoms with E-state index in [1.807, 2.05) is 13.1 Å². The van der Waals surface area contributed by atoms with Crippen molar-refractivity contribution in [2.45, 2.75) is 46.2 Å². The van der Waals surface area contributed by atoms with Crippen molar-refractivity contribution in [1.82, 2.24) is 4.98 Å². The highest BCUT2D eigenvalue weighted by Gasteiger charge is 2.26. The number of hydrogen-bond acceptors (Lipinski definition) is 3. The second-order valence-corrected chi connectivity index (χ2v) is 5.35. The molecule has 94 valence electrons. The van der Waals surface area contributed by atoms with Gasteiger partial charge in [-0.15, -0.1) is 0 Å². The Hall–Kier alpha value is -1.09. The first-order chi connectivity index (χ1) is 8.11. The number of aromatic nitrogens is 1. The van der Waals surface area contributed by atoms with E-state index in [4.69, 9.17) is 5.73 Å². The fourth-order valence-electron chi connectivity index (χ4n) is 2.16. The third-order valence-electron chi connectivity index (χ3n) is 3.40. The minimum Gasteiger partial charge on any atom is -0.368 e. The van der Waals surface area contributed by atoms with Gasteiger partial charge in [0.15, 0.2) is 0 Å². The fourth-order valence-corrected chi connectivity index (χ4v) is 2.16. The van der Waals surface area contributed by atoms with Crippen molar-refractivity contribution in [3.05, 3.63) is 23.5 Å². The van der Waals surface area contributed by atoms with Gasteiger partial charge in [0, 0.05) is 42.3 Å². The van der Waals surface area contributed by atoms with Gasteiger partial charge in [-0.25, -0.2) is 0 Å². The van der Waals surface area contributed by atoms with Gasteiger partial charge in [-0.05, 0) is 45.6 Å². The monoisotopic (exact) mass is 233 g/mol. The molecule has 0 aliphatic heterocycles. The minimum absolute atomic E-state index is 0.516. The molecule has 1 fully saturated rings. The van der Waals surface area contributed by atoms with Crippen LogP contribution in [0, 0.1) is 12.8 Å². The molecule has 1 heterocycles. The van der Waals surface area contributed by atoms with E-state index in [9.17, 15) is 0 Å². The van der Waals surface area contributed by atoms with Gasteiger partial charge in [-0.3, -0.25) is 4.98 Å². The Balaban J connectivity index is 2.29. The summed E-state index contributed by atoms with van der Waals surface area (Å²) in [4.78, 5) is 6.82. The van der Waals surface area contributed by atoms with Gasteiger partial charge in [-0.2, -0.15) is 0 Å². The highest BCUT2D eigenvalue weighted by atomic mass is 15.2. The molecule has 0 bridgehead atoms.